The van der Waals surface area contributed by atoms with Crippen LogP contribution in [0.1, 0.15) is 15.9 Å². The maximum absolute atomic E-state index is 11.5. The molecular weight excluding hydrogens is 318 g/mol. The van der Waals surface area contributed by atoms with Gasteiger partial charge in [-0.05, 0) is 30.2 Å². The van der Waals surface area contributed by atoms with Gasteiger partial charge in [-0.1, -0.05) is 42.0 Å². The Balaban J connectivity index is 1.94. The fourth-order valence-corrected chi connectivity index (χ4v) is 2.53. The molecule has 0 spiro atoms. The lowest BCUT2D eigenvalue weighted by atomic mass is 10.0. The molecule has 0 bridgehead atoms. The molecule has 3 amide bonds. The van der Waals surface area contributed by atoms with E-state index in [0.717, 1.165) is 16.8 Å². The summed E-state index contributed by atoms with van der Waals surface area (Å²) in [5, 5.41) is 6.46. The molecule has 3 aromatic rings. The van der Waals surface area contributed by atoms with Gasteiger partial charge < -0.3 is 11.5 Å². The summed E-state index contributed by atoms with van der Waals surface area (Å²) in [6.07, 6.45) is 1.45. The summed E-state index contributed by atoms with van der Waals surface area (Å²) in [5.41, 5.74) is 14.6. The van der Waals surface area contributed by atoms with Gasteiger partial charge in [-0.25, -0.2) is 9.48 Å². The molecule has 7 heteroatoms. The van der Waals surface area contributed by atoms with Gasteiger partial charge in [-0.15, -0.1) is 5.10 Å². The van der Waals surface area contributed by atoms with Crippen LogP contribution in [0.15, 0.2) is 54.7 Å². The van der Waals surface area contributed by atoms with Crippen molar-refractivity contribution in [2.24, 2.45) is 11.5 Å². The summed E-state index contributed by atoms with van der Waals surface area (Å²) in [6.45, 7) is 2.04. The Morgan fingerprint density at radius 2 is 1.76 bits per heavy atom. The minimum Gasteiger partial charge on any atom is -0.365 e. The fraction of sp³-hybridized carbons (Fsp3) is 0.0556. The first kappa shape index (κ1) is 16.3. The van der Waals surface area contributed by atoms with Crippen LogP contribution >= 0.6 is 0 Å². The first-order chi connectivity index (χ1) is 11.9. The third kappa shape index (κ3) is 3.50. The number of amides is 3. The summed E-state index contributed by atoms with van der Waals surface area (Å²) in [6, 6.07) is 15.0. The van der Waals surface area contributed by atoms with Crippen LogP contribution in [0.5, 0.6) is 0 Å². The first-order valence-electron chi connectivity index (χ1n) is 7.57. The van der Waals surface area contributed by atoms with Crippen molar-refractivity contribution in [3.8, 4) is 16.8 Å². The van der Waals surface area contributed by atoms with Crippen LogP contribution in [0.25, 0.3) is 16.8 Å². The Morgan fingerprint density at radius 3 is 2.36 bits per heavy atom. The number of hydrogen-bond acceptors (Lipinski definition) is 3. The maximum atomic E-state index is 11.5. The standard InChI is InChI=1S/C18H17N5O2/c1-11-3-2-4-13(9-11)12-5-7-14(8-6-12)23-10-15(16(19)24)17(22-23)21-18(20)25/h2-10H,1H3,(H2,19,24)(H3,20,21,22,25). The lowest BCUT2D eigenvalue weighted by molar-refractivity contribution is 0.100. The number of rotatable bonds is 4. The van der Waals surface area contributed by atoms with Crippen molar-refractivity contribution in [2.45, 2.75) is 6.92 Å². The number of anilines is 1. The maximum Gasteiger partial charge on any atom is 0.317 e. The van der Waals surface area contributed by atoms with Crippen LogP contribution in [0.3, 0.4) is 0 Å². The second-order valence-corrected chi connectivity index (χ2v) is 5.61. The lowest BCUT2D eigenvalue weighted by Gasteiger charge is -2.05. The van der Waals surface area contributed by atoms with E-state index in [1.165, 1.54) is 16.4 Å². The number of carbonyl (C=O) groups excluding carboxylic acids is 2. The molecule has 0 aliphatic carbocycles. The summed E-state index contributed by atoms with van der Waals surface area (Å²) >= 11 is 0. The van der Waals surface area contributed by atoms with Crippen molar-refractivity contribution in [1.29, 1.82) is 0 Å². The molecule has 0 saturated heterocycles. The minimum absolute atomic E-state index is 0.0303. The summed E-state index contributed by atoms with van der Waals surface area (Å²) in [4.78, 5) is 22.5. The topological polar surface area (TPSA) is 116 Å². The van der Waals surface area contributed by atoms with E-state index >= 15 is 0 Å². The fourth-order valence-electron chi connectivity index (χ4n) is 2.53. The number of nitrogens with two attached hydrogens (primary N) is 2. The molecule has 25 heavy (non-hydrogen) atoms. The number of nitrogens with zero attached hydrogens (tertiary/aromatic N) is 2. The monoisotopic (exact) mass is 335 g/mol. The molecule has 0 aliphatic heterocycles. The molecule has 1 heterocycles. The zero-order valence-corrected chi connectivity index (χ0v) is 13.6. The molecule has 2 aromatic carbocycles. The van der Waals surface area contributed by atoms with Crippen LogP contribution in [0, 0.1) is 6.92 Å². The number of primary amides is 2. The van der Waals surface area contributed by atoms with E-state index in [2.05, 4.69) is 16.5 Å². The zero-order chi connectivity index (χ0) is 18.0. The molecule has 1 aromatic heterocycles. The number of aryl methyl sites for hydroxylation is 1. The van der Waals surface area contributed by atoms with Gasteiger partial charge in [0.25, 0.3) is 5.91 Å². The molecule has 3 rings (SSSR count). The number of hydrogen-bond donors (Lipinski definition) is 3. The smallest absolute Gasteiger partial charge is 0.317 e. The molecule has 0 radical (unpaired) electrons. The van der Waals surface area contributed by atoms with Crippen molar-refractivity contribution in [3.05, 3.63) is 65.9 Å². The van der Waals surface area contributed by atoms with Crippen molar-refractivity contribution >= 4 is 17.8 Å². The van der Waals surface area contributed by atoms with Gasteiger partial charge in [0.1, 0.15) is 5.56 Å². The van der Waals surface area contributed by atoms with Crippen LogP contribution in [0.4, 0.5) is 10.6 Å². The third-order valence-corrected chi connectivity index (χ3v) is 3.70. The Morgan fingerprint density at radius 1 is 1.04 bits per heavy atom. The van der Waals surface area contributed by atoms with Gasteiger partial charge in [-0.3, -0.25) is 10.1 Å². The average molecular weight is 335 g/mol. The molecule has 0 saturated carbocycles. The van der Waals surface area contributed by atoms with Gasteiger partial charge in [0.05, 0.1) is 5.69 Å². The highest BCUT2D eigenvalue weighted by molar-refractivity contribution is 6.01. The molecular formula is C18H17N5O2. The average Bonchev–Trinajstić information content (AvgIpc) is 2.98. The molecule has 7 nitrogen and oxygen atoms in total. The van der Waals surface area contributed by atoms with E-state index in [-0.39, 0.29) is 11.4 Å². The first-order valence-corrected chi connectivity index (χ1v) is 7.57. The van der Waals surface area contributed by atoms with E-state index in [1.807, 2.05) is 49.4 Å². The van der Waals surface area contributed by atoms with Crippen molar-refractivity contribution in [1.82, 2.24) is 9.78 Å². The largest absolute Gasteiger partial charge is 0.365 e. The predicted octanol–water partition coefficient (Wildman–Crippen LogP) is 2.44. The highest BCUT2D eigenvalue weighted by Gasteiger charge is 2.16. The van der Waals surface area contributed by atoms with Crippen molar-refractivity contribution in [3.63, 3.8) is 0 Å². The van der Waals surface area contributed by atoms with Crippen molar-refractivity contribution < 1.29 is 9.59 Å². The van der Waals surface area contributed by atoms with Crippen LogP contribution in [-0.2, 0) is 0 Å². The van der Waals surface area contributed by atoms with Gasteiger partial charge in [0.2, 0.25) is 0 Å². The van der Waals surface area contributed by atoms with Gasteiger partial charge in [0, 0.05) is 6.20 Å². The quantitative estimate of drug-likeness (QED) is 0.680. The van der Waals surface area contributed by atoms with Gasteiger partial charge >= 0.3 is 6.03 Å². The Labute approximate surface area is 144 Å². The Bertz CT molecular complexity index is 944. The van der Waals surface area contributed by atoms with Gasteiger partial charge in [-0.2, -0.15) is 0 Å². The summed E-state index contributed by atoms with van der Waals surface area (Å²) in [7, 11) is 0. The van der Waals surface area contributed by atoms with Crippen LogP contribution in [0.2, 0.25) is 0 Å². The van der Waals surface area contributed by atoms with Crippen LogP contribution < -0.4 is 16.8 Å². The zero-order valence-electron chi connectivity index (χ0n) is 13.6. The second kappa shape index (κ2) is 6.48. The number of carbonyl (C=O) groups is 2. The number of benzene rings is 2. The highest BCUT2D eigenvalue weighted by Crippen LogP contribution is 2.23. The molecule has 0 atom stereocenters. The third-order valence-electron chi connectivity index (χ3n) is 3.70. The number of urea groups is 1. The molecule has 0 aliphatic rings. The Kier molecular flexibility index (Phi) is 4.21. The minimum atomic E-state index is -0.817. The van der Waals surface area contributed by atoms with E-state index in [1.54, 1.807) is 0 Å². The Hall–Kier alpha value is -3.61. The summed E-state index contributed by atoms with van der Waals surface area (Å²) < 4.78 is 1.46. The second-order valence-electron chi connectivity index (χ2n) is 5.61. The SMILES string of the molecule is Cc1cccc(-c2ccc(-n3cc(C(N)=O)c(NC(N)=O)n3)cc2)c1. The van der Waals surface area contributed by atoms with Crippen molar-refractivity contribution in [2.75, 3.05) is 5.32 Å². The number of aromatic nitrogens is 2. The van der Waals surface area contributed by atoms with E-state index in [9.17, 15) is 9.59 Å². The molecule has 126 valence electrons. The molecule has 0 fully saturated rings. The lowest BCUT2D eigenvalue weighted by Crippen LogP contribution is -2.22. The number of nitrogens with one attached hydrogen (secondary N) is 1. The highest BCUT2D eigenvalue weighted by atomic mass is 16.2. The van der Waals surface area contributed by atoms with E-state index in [4.69, 9.17) is 11.5 Å². The van der Waals surface area contributed by atoms with E-state index in [0.29, 0.717) is 0 Å². The predicted molar refractivity (Wildman–Crippen MR) is 95.5 cm³/mol. The summed E-state index contributed by atoms with van der Waals surface area (Å²) in [5.74, 6) is -0.672. The van der Waals surface area contributed by atoms with E-state index < -0.39 is 11.9 Å². The van der Waals surface area contributed by atoms with Gasteiger partial charge in [0.15, 0.2) is 5.82 Å². The molecule has 5 N–H and O–H groups in total. The van der Waals surface area contributed by atoms with Crippen LogP contribution in [-0.4, -0.2) is 21.7 Å². The molecule has 0 unspecified atom stereocenters. The normalized spacial score (nSPS) is 10.4.